The number of amides is 1. The summed E-state index contributed by atoms with van der Waals surface area (Å²) in [5.74, 6) is -1.70. The van der Waals surface area contributed by atoms with Crippen LogP contribution in [0.15, 0.2) is 48.0 Å². The molecule has 0 unspecified atom stereocenters. The lowest BCUT2D eigenvalue weighted by Gasteiger charge is -2.11. The Bertz CT molecular complexity index is 1030. The first-order chi connectivity index (χ1) is 14.3. The molecule has 0 radical (unpaired) electrons. The van der Waals surface area contributed by atoms with Gasteiger partial charge in [-0.15, -0.1) is 0 Å². The number of rotatable bonds is 6. The van der Waals surface area contributed by atoms with Crippen LogP contribution >= 0.6 is 0 Å². The number of nitrogens with one attached hydrogen (secondary N) is 1. The quantitative estimate of drug-likeness (QED) is 0.443. The van der Waals surface area contributed by atoms with Crippen LogP contribution in [0.1, 0.15) is 51.6 Å². The van der Waals surface area contributed by atoms with Crippen molar-refractivity contribution in [3.8, 4) is 6.07 Å². The fourth-order valence-corrected chi connectivity index (χ4v) is 2.66. The van der Waals surface area contributed by atoms with E-state index in [1.54, 1.807) is 0 Å². The number of methoxy groups -OCH3 is 2. The molecule has 154 valence electrons. The Hall–Kier alpha value is -3.92. The topological polar surface area (TPSA) is 105 Å². The average Bonchev–Trinajstić information content (AvgIpc) is 2.76. The number of esters is 2. The molecule has 7 heteroatoms. The van der Waals surface area contributed by atoms with E-state index in [2.05, 4.69) is 23.9 Å². The molecule has 0 bridgehead atoms. The van der Waals surface area contributed by atoms with E-state index in [0.717, 1.165) is 5.56 Å². The highest BCUT2D eigenvalue weighted by Crippen LogP contribution is 2.21. The molecule has 0 fully saturated rings. The van der Waals surface area contributed by atoms with E-state index in [-0.39, 0.29) is 22.4 Å². The summed E-state index contributed by atoms with van der Waals surface area (Å²) in [7, 11) is 2.42. The Kier molecular flexibility index (Phi) is 7.48. The lowest BCUT2D eigenvalue weighted by molar-refractivity contribution is -0.112. The zero-order chi connectivity index (χ0) is 22.3. The molecule has 1 N–H and O–H groups in total. The number of nitrogens with zero attached hydrogens (tertiary/aromatic N) is 1. The van der Waals surface area contributed by atoms with Crippen molar-refractivity contribution in [2.24, 2.45) is 0 Å². The standard InChI is InChI=1S/C23H22N2O5/c1-14(2)16-7-5-15(6-8-16)11-18(13-24)21(26)25-20-12-17(22(27)29-3)9-10-19(20)23(28)30-4/h5-12,14H,1-4H3,(H,25,26)/b18-11+. The first kappa shape index (κ1) is 22.4. The maximum Gasteiger partial charge on any atom is 0.339 e. The molecular formula is C23H22N2O5. The van der Waals surface area contributed by atoms with E-state index in [1.807, 2.05) is 30.3 Å². The highest BCUT2D eigenvalue weighted by molar-refractivity contribution is 6.12. The van der Waals surface area contributed by atoms with E-state index < -0.39 is 17.8 Å². The molecule has 1 amide bonds. The fourth-order valence-electron chi connectivity index (χ4n) is 2.66. The monoisotopic (exact) mass is 406 g/mol. The van der Waals surface area contributed by atoms with Gasteiger partial charge in [0.05, 0.1) is 31.0 Å². The molecule has 7 nitrogen and oxygen atoms in total. The van der Waals surface area contributed by atoms with Crippen molar-refractivity contribution in [3.05, 3.63) is 70.3 Å². The van der Waals surface area contributed by atoms with Gasteiger partial charge in [-0.05, 0) is 41.3 Å². The molecule has 30 heavy (non-hydrogen) atoms. The predicted octanol–water partition coefficient (Wildman–Crippen LogP) is 3.93. The summed E-state index contributed by atoms with van der Waals surface area (Å²) < 4.78 is 9.38. The number of carbonyl (C=O) groups excluding carboxylic acids is 3. The Morgan fingerprint density at radius 3 is 2.17 bits per heavy atom. The van der Waals surface area contributed by atoms with E-state index in [1.165, 1.54) is 38.5 Å². The largest absolute Gasteiger partial charge is 0.465 e. The number of nitriles is 1. The minimum atomic E-state index is -0.724. The summed E-state index contributed by atoms with van der Waals surface area (Å²) in [6.45, 7) is 4.14. The van der Waals surface area contributed by atoms with Crippen LogP contribution in [0.2, 0.25) is 0 Å². The van der Waals surface area contributed by atoms with Crippen LogP contribution in [0.3, 0.4) is 0 Å². The molecule has 0 heterocycles. The molecule has 0 atom stereocenters. The van der Waals surface area contributed by atoms with Crippen LogP contribution in [0.25, 0.3) is 6.08 Å². The number of hydrogen-bond donors (Lipinski definition) is 1. The zero-order valence-electron chi connectivity index (χ0n) is 17.2. The maximum absolute atomic E-state index is 12.7. The van der Waals surface area contributed by atoms with Gasteiger partial charge in [-0.25, -0.2) is 9.59 Å². The van der Waals surface area contributed by atoms with E-state index in [9.17, 15) is 19.6 Å². The number of anilines is 1. The van der Waals surface area contributed by atoms with E-state index in [0.29, 0.717) is 11.5 Å². The van der Waals surface area contributed by atoms with Gasteiger partial charge in [-0.1, -0.05) is 38.1 Å². The van der Waals surface area contributed by atoms with Crippen LogP contribution in [0.4, 0.5) is 5.69 Å². The summed E-state index contributed by atoms with van der Waals surface area (Å²) in [5, 5.41) is 11.9. The van der Waals surface area contributed by atoms with Gasteiger partial charge in [0, 0.05) is 0 Å². The van der Waals surface area contributed by atoms with E-state index in [4.69, 9.17) is 4.74 Å². The van der Waals surface area contributed by atoms with Crippen molar-refractivity contribution in [3.63, 3.8) is 0 Å². The van der Waals surface area contributed by atoms with Gasteiger partial charge in [0.25, 0.3) is 5.91 Å². The average molecular weight is 406 g/mol. The van der Waals surface area contributed by atoms with Crippen LogP contribution in [0.5, 0.6) is 0 Å². The van der Waals surface area contributed by atoms with Crippen LogP contribution in [-0.2, 0) is 14.3 Å². The SMILES string of the molecule is COC(=O)c1ccc(C(=O)OC)c(NC(=O)/C(C#N)=C/c2ccc(C(C)C)cc2)c1. The number of carbonyl (C=O) groups is 3. The maximum atomic E-state index is 12.7. The van der Waals surface area contributed by atoms with Crippen molar-refractivity contribution in [2.45, 2.75) is 19.8 Å². The third kappa shape index (κ3) is 5.32. The number of benzene rings is 2. The first-order valence-corrected chi connectivity index (χ1v) is 9.14. The summed E-state index contributed by atoms with van der Waals surface area (Å²) in [5.41, 5.74) is 1.86. The highest BCUT2D eigenvalue weighted by atomic mass is 16.5. The first-order valence-electron chi connectivity index (χ1n) is 9.14. The molecule has 0 aliphatic heterocycles. The van der Waals surface area contributed by atoms with E-state index >= 15 is 0 Å². The van der Waals surface area contributed by atoms with Gasteiger partial charge < -0.3 is 14.8 Å². The minimum absolute atomic E-state index is 0.0334. The summed E-state index contributed by atoms with van der Waals surface area (Å²) in [6.07, 6.45) is 1.45. The normalized spacial score (nSPS) is 10.9. The Balaban J connectivity index is 2.36. The molecule has 0 aromatic heterocycles. The lowest BCUT2D eigenvalue weighted by atomic mass is 10.0. The Morgan fingerprint density at radius 1 is 1.00 bits per heavy atom. The van der Waals surface area contributed by atoms with Crippen LogP contribution < -0.4 is 5.32 Å². The highest BCUT2D eigenvalue weighted by Gasteiger charge is 2.19. The summed E-state index contributed by atoms with van der Waals surface area (Å²) in [4.78, 5) is 36.5. The van der Waals surface area contributed by atoms with Crippen LogP contribution in [-0.4, -0.2) is 32.1 Å². The van der Waals surface area contributed by atoms with Crippen LogP contribution in [0, 0.1) is 11.3 Å². The molecule has 0 saturated heterocycles. The lowest BCUT2D eigenvalue weighted by Crippen LogP contribution is -2.17. The second-order valence-corrected chi connectivity index (χ2v) is 6.69. The molecule has 0 aliphatic rings. The summed E-state index contributed by atoms with van der Waals surface area (Å²) >= 11 is 0. The third-order valence-corrected chi connectivity index (χ3v) is 4.37. The van der Waals surface area contributed by atoms with Crippen molar-refractivity contribution < 1.29 is 23.9 Å². The summed E-state index contributed by atoms with van der Waals surface area (Å²) in [6, 6.07) is 13.4. The molecule has 0 aliphatic carbocycles. The molecular weight excluding hydrogens is 384 g/mol. The molecule has 2 aromatic rings. The minimum Gasteiger partial charge on any atom is -0.465 e. The third-order valence-electron chi connectivity index (χ3n) is 4.37. The predicted molar refractivity (Wildman–Crippen MR) is 112 cm³/mol. The van der Waals surface area contributed by atoms with Gasteiger partial charge >= 0.3 is 11.9 Å². The number of hydrogen-bond acceptors (Lipinski definition) is 6. The van der Waals surface area contributed by atoms with Crippen molar-refractivity contribution in [1.29, 1.82) is 5.26 Å². The number of ether oxygens (including phenoxy) is 2. The van der Waals surface area contributed by atoms with Crippen molar-refractivity contribution >= 4 is 29.6 Å². The molecule has 2 aromatic carbocycles. The zero-order valence-corrected chi connectivity index (χ0v) is 17.2. The van der Waals surface area contributed by atoms with Gasteiger partial charge in [-0.2, -0.15) is 5.26 Å². The Labute approximate surface area is 174 Å². The van der Waals surface area contributed by atoms with Gasteiger partial charge in [-0.3, -0.25) is 4.79 Å². The van der Waals surface area contributed by atoms with Gasteiger partial charge in [0.1, 0.15) is 11.6 Å². The Morgan fingerprint density at radius 2 is 1.63 bits per heavy atom. The second-order valence-electron chi connectivity index (χ2n) is 6.69. The van der Waals surface area contributed by atoms with Crippen molar-refractivity contribution in [2.75, 3.05) is 19.5 Å². The second kappa shape index (κ2) is 10.0. The smallest absolute Gasteiger partial charge is 0.339 e. The molecule has 2 rings (SSSR count). The van der Waals surface area contributed by atoms with Gasteiger partial charge in [0.2, 0.25) is 0 Å². The molecule has 0 spiro atoms. The fraction of sp³-hybridized carbons (Fsp3) is 0.217. The van der Waals surface area contributed by atoms with Crippen molar-refractivity contribution in [1.82, 2.24) is 0 Å². The van der Waals surface area contributed by atoms with Gasteiger partial charge in [0.15, 0.2) is 0 Å². The molecule has 0 saturated carbocycles.